The summed E-state index contributed by atoms with van der Waals surface area (Å²) in [6.07, 6.45) is 4.77. The highest BCUT2D eigenvalue weighted by atomic mass is 35.5. The number of para-hydroxylation sites is 2. The molecular formula is C18H16ClN5O3. The van der Waals surface area contributed by atoms with E-state index in [0.717, 1.165) is 0 Å². The lowest BCUT2D eigenvalue weighted by atomic mass is 10.2. The van der Waals surface area contributed by atoms with Crippen LogP contribution in [0.15, 0.2) is 54.7 Å². The topological polar surface area (TPSA) is 102 Å². The number of anilines is 1. The van der Waals surface area contributed by atoms with Crippen molar-refractivity contribution in [1.29, 1.82) is 0 Å². The number of amides is 1. The number of nitrogens with one attached hydrogen (secondary N) is 2. The number of aromatic nitrogens is 2. The number of carbonyl (C=O) groups is 1. The fourth-order valence-electron chi connectivity index (χ4n) is 2.51. The second-order valence-electron chi connectivity index (χ2n) is 5.54. The van der Waals surface area contributed by atoms with Gasteiger partial charge in [0.1, 0.15) is 11.3 Å². The normalized spacial score (nSPS) is 11.0. The van der Waals surface area contributed by atoms with E-state index in [4.69, 9.17) is 11.6 Å². The Labute approximate surface area is 159 Å². The third kappa shape index (κ3) is 4.42. The molecule has 3 aromatic rings. The average Bonchev–Trinajstić information content (AvgIpc) is 2.99. The minimum absolute atomic E-state index is 0.00836. The maximum atomic E-state index is 12.0. The summed E-state index contributed by atoms with van der Waals surface area (Å²) in [6.45, 7) is 0.650. The molecule has 2 N–H and O–H groups in total. The van der Waals surface area contributed by atoms with Gasteiger partial charge in [0.15, 0.2) is 5.15 Å². The van der Waals surface area contributed by atoms with E-state index in [0.29, 0.717) is 35.3 Å². The van der Waals surface area contributed by atoms with Gasteiger partial charge in [-0.25, -0.2) is 4.98 Å². The van der Waals surface area contributed by atoms with Crippen LogP contribution in [0, 0.1) is 10.1 Å². The van der Waals surface area contributed by atoms with Crippen LogP contribution in [-0.2, 0) is 4.79 Å². The van der Waals surface area contributed by atoms with Crippen molar-refractivity contribution in [3.63, 3.8) is 0 Å². The maximum absolute atomic E-state index is 12.0. The highest BCUT2D eigenvalue weighted by molar-refractivity contribution is 6.31. The van der Waals surface area contributed by atoms with Crippen LogP contribution in [0.4, 0.5) is 11.4 Å². The molecule has 0 atom stereocenters. The number of benzene rings is 1. The van der Waals surface area contributed by atoms with Crippen LogP contribution in [-0.4, -0.2) is 33.3 Å². The molecule has 0 radical (unpaired) electrons. The highest BCUT2D eigenvalue weighted by Crippen LogP contribution is 2.22. The summed E-state index contributed by atoms with van der Waals surface area (Å²) in [7, 11) is 0. The molecule has 0 spiro atoms. The number of pyridine rings is 1. The van der Waals surface area contributed by atoms with Gasteiger partial charge in [-0.1, -0.05) is 29.8 Å². The predicted molar refractivity (Wildman–Crippen MR) is 104 cm³/mol. The zero-order valence-corrected chi connectivity index (χ0v) is 14.9. The summed E-state index contributed by atoms with van der Waals surface area (Å²) in [5.74, 6) is -0.304. The van der Waals surface area contributed by atoms with E-state index in [1.165, 1.54) is 12.1 Å². The van der Waals surface area contributed by atoms with E-state index >= 15 is 0 Å². The monoisotopic (exact) mass is 385 g/mol. The third-order valence-corrected chi connectivity index (χ3v) is 4.03. The minimum Gasteiger partial charge on any atom is -0.378 e. The molecule has 2 aromatic heterocycles. The van der Waals surface area contributed by atoms with Crippen LogP contribution < -0.4 is 10.6 Å². The molecule has 0 bridgehead atoms. The van der Waals surface area contributed by atoms with Crippen LogP contribution in [0.3, 0.4) is 0 Å². The van der Waals surface area contributed by atoms with Crippen molar-refractivity contribution in [2.75, 3.05) is 18.4 Å². The SMILES string of the molecule is O=C(/C=C\c1c(Cl)nc2ccccn12)NCCNc1ccccc1[N+](=O)[O-]. The van der Waals surface area contributed by atoms with Gasteiger partial charge in [-0.15, -0.1) is 0 Å². The zero-order valence-electron chi connectivity index (χ0n) is 14.1. The Bertz CT molecular complexity index is 1020. The number of nitro benzene ring substituents is 1. The Morgan fingerprint density at radius 2 is 2.00 bits per heavy atom. The zero-order chi connectivity index (χ0) is 19.2. The first kappa shape index (κ1) is 18.4. The van der Waals surface area contributed by atoms with Crippen LogP contribution >= 0.6 is 11.6 Å². The van der Waals surface area contributed by atoms with Crippen molar-refractivity contribution in [3.8, 4) is 0 Å². The quantitative estimate of drug-likeness (QED) is 0.281. The molecule has 0 fully saturated rings. The van der Waals surface area contributed by atoms with Gasteiger partial charge in [0.2, 0.25) is 5.91 Å². The van der Waals surface area contributed by atoms with Crippen LogP contribution in [0.5, 0.6) is 0 Å². The van der Waals surface area contributed by atoms with Gasteiger partial charge >= 0.3 is 0 Å². The number of hydrogen-bond donors (Lipinski definition) is 2. The Balaban J connectivity index is 1.54. The lowest BCUT2D eigenvalue weighted by Gasteiger charge is -2.07. The molecule has 0 aliphatic heterocycles. The third-order valence-electron chi connectivity index (χ3n) is 3.75. The molecule has 3 rings (SSSR count). The summed E-state index contributed by atoms with van der Waals surface area (Å²) in [5.41, 5.74) is 1.70. The fraction of sp³-hybridized carbons (Fsp3) is 0.111. The summed E-state index contributed by atoms with van der Waals surface area (Å²) < 4.78 is 1.78. The smallest absolute Gasteiger partial charge is 0.292 e. The molecular weight excluding hydrogens is 370 g/mol. The molecule has 2 heterocycles. The Kier molecular flexibility index (Phi) is 5.68. The van der Waals surface area contributed by atoms with Gasteiger partial charge in [-0.3, -0.25) is 19.3 Å². The fourth-order valence-corrected chi connectivity index (χ4v) is 2.75. The van der Waals surface area contributed by atoms with Gasteiger partial charge in [0.05, 0.1) is 10.6 Å². The van der Waals surface area contributed by atoms with Crippen LogP contribution in [0.25, 0.3) is 11.7 Å². The van der Waals surface area contributed by atoms with E-state index in [-0.39, 0.29) is 11.6 Å². The highest BCUT2D eigenvalue weighted by Gasteiger charge is 2.11. The van der Waals surface area contributed by atoms with Crippen LogP contribution in [0.1, 0.15) is 5.69 Å². The summed E-state index contributed by atoms with van der Waals surface area (Å²) in [4.78, 5) is 26.7. The lowest BCUT2D eigenvalue weighted by Crippen LogP contribution is -2.27. The molecule has 0 aliphatic carbocycles. The predicted octanol–water partition coefficient (Wildman–Crippen LogP) is 3.14. The van der Waals surface area contributed by atoms with Crippen molar-refractivity contribution < 1.29 is 9.72 Å². The number of imidazole rings is 1. The molecule has 1 amide bonds. The Hall–Kier alpha value is -3.39. The summed E-state index contributed by atoms with van der Waals surface area (Å²) in [5, 5.41) is 16.9. The van der Waals surface area contributed by atoms with E-state index < -0.39 is 4.92 Å². The maximum Gasteiger partial charge on any atom is 0.292 e. The van der Waals surface area contributed by atoms with Crippen molar-refractivity contribution >= 4 is 40.6 Å². The standard InChI is InChI=1S/C18H16ClN5O3/c19-18-15(23-12-4-3-7-16(23)22-18)8-9-17(25)21-11-10-20-13-5-1-2-6-14(13)24(26)27/h1-9,12,20H,10-11H2,(H,21,25)/b9-8-. The number of nitro groups is 1. The number of halogens is 1. The first-order chi connectivity index (χ1) is 13.1. The van der Waals surface area contributed by atoms with Crippen molar-refractivity contribution in [3.05, 3.63) is 75.7 Å². The van der Waals surface area contributed by atoms with Crippen molar-refractivity contribution in [2.24, 2.45) is 0 Å². The van der Waals surface area contributed by atoms with Gasteiger partial charge < -0.3 is 10.6 Å². The second kappa shape index (κ2) is 8.33. The molecule has 0 saturated heterocycles. The molecule has 0 saturated carbocycles. The van der Waals surface area contributed by atoms with E-state index in [1.807, 2.05) is 24.4 Å². The summed E-state index contributed by atoms with van der Waals surface area (Å²) >= 11 is 6.11. The Morgan fingerprint density at radius 3 is 2.81 bits per heavy atom. The largest absolute Gasteiger partial charge is 0.378 e. The molecule has 138 valence electrons. The number of carbonyl (C=O) groups excluding carboxylic acids is 1. The van der Waals surface area contributed by atoms with E-state index in [2.05, 4.69) is 15.6 Å². The van der Waals surface area contributed by atoms with Gasteiger partial charge in [-0.2, -0.15) is 0 Å². The minimum atomic E-state index is -0.455. The molecule has 1 aromatic carbocycles. The second-order valence-corrected chi connectivity index (χ2v) is 5.90. The molecule has 9 heteroatoms. The molecule has 0 aliphatic rings. The molecule has 8 nitrogen and oxygen atoms in total. The first-order valence-electron chi connectivity index (χ1n) is 8.12. The van der Waals surface area contributed by atoms with Crippen molar-refractivity contribution in [1.82, 2.24) is 14.7 Å². The van der Waals surface area contributed by atoms with E-state index in [9.17, 15) is 14.9 Å². The molecule has 0 unspecified atom stereocenters. The number of hydrogen-bond acceptors (Lipinski definition) is 5. The number of fused-ring (bicyclic) bond motifs is 1. The number of rotatable bonds is 7. The molecule has 27 heavy (non-hydrogen) atoms. The average molecular weight is 386 g/mol. The van der Waals surface area contributed by atoms with Gasteiger partial charge in [0, 0.05) is 31.4 Å². The lowest BCUT2D eigenvalue weighted by molar-refractivity contribution is -0.384. The van der Waals surface area contributed by atoms with Gasteiger partial charge in [-0.05, 0) is 24.3 Å². The number of nitrogens with zero attached hydrogens (tertiary/aromatic N) is 3. The summed E-state index contributed by atoms with van der Waals surface area (Å²) in [6, 6.07) is 11.9. The first-order valence-corrected chi connectivity index (χ1v) is 8.50. The Morgan fingerprint density at radius 1 is 1.22 bits per heavy atom. The van der Waals surface area contributed by atoms with Crippen molar-refractivity contribution in [2.45, 2.75) is 0 Å². The van der Waals surface area contributed by atoms with Crippen LogP contribution in [0.2, 0.25) is 5.15 Å². The van der Waals surface area contributed by atoms with E-state index in [1.54, 1.807) is 28.7 Å². The van der Waals surface area contributed by atoms with Gasteiger partial charge in [0.25, 0.3) is 5.69 Å².